The van der Waals surface area contributed by atoms with Gasteiger partial charge in [0.2, 0.25) is 0 Å². The molecule has 1 aliphatic rings. The van der Waals surface area contributed by atoms with Crippen LogP contribution in [0.2, 0.25) is 0 Å². The normalized spacial score (nSPS) is 22.2. The Bertz CT molecular complexity index is 609. The fourth-order valence-corrected chi connectivity index (χ4v) is 2.74. The summed E-state index contributed by atoms with van der Waals surface area (Å²) in [6.07, 6.45) is 3.48. The van der Waals surface area contributed by atoms with Crippen molar-refractivity contribution in [3.63, 3.8) is 0 Å². The number of aliphatic hydroxyl groups is 1. The van der Waals surface area contributed by atoms with Gasteiger partial charge in [-0.05, 0) is 19.2 Å². The molecule has 3 heterocycles. The van der Waals surface area contributed by atoms with E-state index in [9.17, 15) is 5.11 Å². The summed E-state index contributed by atoms with van der Waals surface area (Å²) in [6, 6.07) is 5.71. The maximum absolute atomic E-state index is 10.6. The smallest absolute Gasteiger partial charge is 0.151 e. The predicted molar refractivity (Wildman–Crippen MR) is 84.7 cm³/mol. The molecule has 0 aliphatic carbocycles. The number of ether oxygens (including phenoxy) is 1. The number of β-amino-alcohol motifs (C(OH)–C–C–N with tert-alkyl or cyclic N) is 1. The van der Waals surface area contributed by atoms with E-state index >= 15 is 0 Å². The third-order valence-electron chi connectivity index (χ3n) is 3.75. The summed E-state index contributed by atoms with van der Waals surface area (Å²) in [5.74, 6) is 0.748. The lowest BCUT2D eigenvalue weighted by molar-refractivity contribution is -0.0469. The minimum atomic E-state index is -0.891. The molecule has 3 rings (SSSR count). The van der Waals surface area contributed by atoms with Crippen molar-refractivity contribution >= 4 is 0 Å². The SMILES string of the molecule is CN(Cc1cc(-c2cccnc2)no1)C[C@]1(O)CNCCOC1. The highest BCUT2D eigenvalue weighted by Gasteiger charge is 2.30. The van der Waals surface area contributed by atoms with Gasteiger partial charge in [-0.15, -0.1) is 0 Å². The quantitative estimate of drug-likeness (QED) is 0.831. The Morgan fingerprint density at radius 3 is 3.22 bits per heavy atom. The fraction of sp³-hybridized carbons (Fsp3) is 0.500. The molecule has 0 amide bonds. The van der Waals surface area contributed by atoms with E-state index in [0.717, 1.165) is 23.6 Å². The first-order valence-electron chi connectivity index (χ1n) is 7.70. The van der Waals surface area contributed by atoms with Gasteiger partial charge >= 0.3 is 0 Å². The van der Waals surface area contributed by atoms with Gasteiger partial charge in [0.15, 0.2) is 5.76 Å². The number of aromatic nitrogens is 2. The number of hydrogen-bond acceptors (Lipinski definition) is 7. The monoisotopic (exact) mass is 318 g/mol. The average Bonchev–Trinajstić information content (AvgIpc) is 2.89. The lowest BCUT2D eigenvalue weighted by atomic mass is 10.1. The Balaban J connectivity index is 1.60. The van der Waals surface area contributed by atoms with Crippen molar-refractivity contribution in [1.82, 2.24) is 20.4 Å². The van der Waals surface area contributed by atoms with Crippen molar-refractivity contribution in [3.05, 3.63) is 36.4 Å². The van der Waals surface area contributed by atoms with Crippen LogP contribution in [0.25, 0.3) is 11.3 Å². The van der Waals surface area contributed by atoms with Gasteiger partial charge in [-0.3, -0.25) is 9.88 Å². The number of rotatable bonds is 5. The van der Waals surface area contributed by atoms with Crippen molar-refractivity contribution in [2.24, 2.45) is 0 Å². The van der Waals surface area contributed by atoms with Crippen LogP contribution in [0.1, 0.15) is 5.76 Å². The van der Waals surface area contributed by atoms with Crippen LogP contribution in [0.15, 0.2) is 35.1 Å². The van der Waals surface area contributed by atoms with Gasteiger partial charge in [-0.1, -0.05) is 5.16 Å². The van der Waals surface area contributed by atoms with Crippen molar-refractivity contribution < 1.29 is 14.4 Å². The van der Waals surface area contributed by atoms with Crippen LogP contribution in [0, 0.1) is 0 Å². The molecule has 0 radical (unpaired) electrons. The molecule has 0 aromatic carbocycles. The maximum atomic E-state index is 10.6. The Morgan fingerprint density at radius 2 is 2.39 bits per heavy atom. The van der Waals surface area contributed by atoms with E-state index in [1.807, 2.05) is 30.1 Å². The molecule has 2 N–H and O–H groups in total. The van der Waals surface area contributed by atoms with Gasteiger partial charge < -0.3 is 19.7 Å². The summed E-state index contributed by atoms with van der Waals surface area (Å²) >= 11 is 0. The first-order valence-corrected chi connectivity index (χ1v) is 7.70. The third-order valence-corrected chi connectivity index (χ3v) is 3.75. The van der Waals surface area contributed by atoms with Crippen LogP contribution in [0.5, 0.6) is 0 Å². The standard InChI is InChI=1S/C16H22N4O3/c1-20(11-16(21)10-18-5-6-22-12-16)9-14-7-15(19-23-14)13-3-2-4-17-8-13/h2-4,7-8,18,21H,5-6,9-12H2,1H3/t16-/m1/s1. The summed E-state index contributed by atoms with van der Waals surface area (Å²) in [6.45, 7) is 3.31. The lowest BCUT2D eigenvalue weighted by Crippen LogP contribution is -2.50. The summed E-state index contributed by atoms with van der Waals surface area (Å²) in [5, 5.41) is 17.9. The zero-order valence-corrected chi connectivity index (χ0v) is 13.2. The first-order chi connectivity index (χ1) is 11.1. The van der Waals surface area contributed by atoms with Gasteiger partial charge in [-0.25, -0.2) is 0 Å². The third kappa shape index (κ3) is 4.35. The van der Waals surface area contributed by atoms with Gasteiger partial charge in [-0.2, -0.15) is 0 Å². The van der Waals surface area contributed by atoms with E-state index in [-0.39, 0.29) is 0 Å². The van der Waals surface area contributed by atoms with E-state index in [2.05, 4.69) is 15.5 Å². The second-order valence-electron chi connectivity index (χ2n) is 6.05. The maximum Gasteiger partial charge on any atom is 0.151 e. The van der Waals surface area contributed by atoms with Crippen LogP contribution >= 0.6 is 0 Å². The van der Waals surface area contributed by atoms with Crippen LogP contribution in [0.4, 0.5) is 0 Å². The van der Waals surface area contributed by atoms with E-state index in [4.69, 9.17) is 9.26 Å². The van der Waals surface area contributed by atoms with Crippen molar-refractivity contribution in [2.45, 2.75) is 12.1 Å². The number of likely N-dealkylation sites (N-methyl/N-ethyl adjacent to an activating group) is 1. The Hall–Kier alpha value is -1.80. The summed E-state index contributed by atoms with van der Waals surface area (Å²) < 4.78 is 10.8. The molecule has 1 aliphatic heterocycles. The molecule has 23 heavy (non-hydrogen) atoms. The highest BCUT2D eigenvalue weighted by molar-refractivity contribution is 5.57. The Morgan fingerprint density at radius 1 is 1.48 bits per heavy atom. The number of hydrogen-bond donors (Lipinski definition) is 2. The molecule has 124 valence electrons. The molecule has 1 saturated heterocycles. The number of nitrogens with one attached hydrogen (secondary N) is 1. The second kappa shape index (κ2) is 7.18. The zero-order chi connectivity index (χ0) is 16.1. The van der Waals surface area contributed by atoms with Crippen molar-refractivity contribution in [3.8, 4) is 11.3 Å². The molecular formula is C16H22N4O3. The van der Waals surface area contributed by atoms with Gasteiger partial charge in [0.05, 0.1) is 19.8 Å². The van der Waals surface area contributed by atoms with E-state index in [1.165, 1.54) is 0 Å². The Labute approximate surface area is 135 Å². The average molecular weight is 318 g/mol. The molecule has 2 aromatic heterocycles. The largest absolute Gasteiger partial charge is 0.385 e. The lowest BCUT2D eigenvalue weighted by Gasteiger charge is -2.30. The number of nitrogens with zero attached hydrogens (tertiary/aromatic N) is 3. The molecule has 0 spiro atoms. The van der Waals surface area contributed by atoms with Crippen LogP contribution < -0.4 is 5.32 Å². The molecule has 0 bridgehead atoms. The fourth-order valence-electron chi connectivity index (χ4n) is 2.74. The van der Waals surface area contributed by atoms with Crippen LogP contribution in [-0.4, -0.2) is 65.6 Å². The van der Waals surface area contributed by atoms with E-state index in [1.54, 1.807) is 12.4 Å². The van der Waals surface area contributed by atoms with Crippen LogP contribution in [-0.2, 0) is 11.3 Å². The topological polar surface area (TPSA) is 83.7 Å². The molecule has 7 nitrogen and oxygen atoms in total. The minimum Gasteiger partial charge on any atom is -0.385 e. The summed E-state index contributed by atoms with van der Waals surface area (Å²) in [5.41, 5.74) is 0.794. The second-order valence-corrected chi connectivity index (χ2v) is 6.05. The van der Waals surface area contributed by atoms with E-state index < -0.39 is 5.60 Å². The van der Waals surface area contributed by atoms with Gasteiger partial charge in [0, 0.05) is 43.7 Å². The molecule has 1 fully saturated rings. The van der Waals surface area contributed by atoms with Crippen molar-refractivity contribution in [2.75, 3.05) is 39.9 Å². The molecule has 1 atom stereocenters. The first kappa shape index (κ1) is 16.1. The van der Waals surface area contributed by atoms with Crippen molar-refractivity contribution in [1.29, 1.82) is 0 Å². The van der Waals surface area contributed by atoms with Gasteiger partial charge in [0.1, 0.15) is 11.3 Å². The van der Waals surface area contributed by atoms with Crippen LogP contribution in [0.3, 0.4) is 0 Å². The molecule has 7 heteroatoms. The molecule has 2 aromatic rings. The molecule has 0 unspecified atom stereocenters. The summed E-state index contributed by atoms with van der Waals surface area (Å²) in [4.78, 5) is 6.08. The highest BCUT2D eigenvalue weighted by Crippen LogP contribution is 2.19. The molecular weight excluding hydrogens is 296 g/mol. The Kier molecular flexibility index (Phi) is 5.02. The summed E-state index contributed by atoms with van der Waals surface area (Å²) in [7, 11) is 1.94. The molecule has 0 saturated carbocycles. The van der Waals surface area contributed by atoms with Gasteiger partial charge in [0.25, 0.3) is 0 Å². The zero-order valence-electron chi connectivity index (χ0n) is 13.2. The minimum absolute atomic E-state index is 0.335. The number of pyridine rings is 1. The highest BCUT2D eigenvalue weighted by atomic mass is 16.5. The predicted octanol–water partition coefficient (Wildman–Crippen LogP) is 0.519. The van der Waals surface area contributed by atoms with E-state index in [0.29, 0.717) is 32.8 Å².